The third kappa shape index (κ3) is 5.36. The lowest BCUT2D eigenvalue weighted by Gasteiger charge is -2.14. The van der Waals surface area contributed by atoms with Crippen molar-refractivity contribution in [2.75, 3.05) is 13.2 Å². The Labute approximate surface area is 141 Å². The van der Waals surface area contributed by atoms with Crippen molar-refractivity contribution in [2.45, 2.75) is 19.6 Å². The van der Waals surface area contributed by atoms with Crippen molar-refractivity contribution in [1.29, 1.82) is 0 Å². The van der Waals surface area contributed by atoms with Gasteiger partial charge in [-0.25, -0.2) is 0 Å². The molecule has 2 aromatic carbocycles. The van der Waals surface area contributed by atoms with Gasteiger partial charge in [0, 0.05) is 11.6 Å². The molecule has 1 unspecified atom stereocenters. The normalized spacial score (nSPS) is 12.0. The maximum Gasteiger partial charge on any atom is 0.246 e. The molecule has 2 N–H and O–H groups in total. The summed E-state index contributed by atoms with van der Waals surface area (Å²) in [5, 5.41) is 13.4. The number of rotatable bonds is 7. The first-order valence-corrected chi connectivity index (χ1v) is 7.77. The van der Waals surface area contributed by atoms with E-state index in [0.29, 0.717) is 5.02 Å². The lowest BCUT2D eigenvalue weighted by molar-refractivity contribution is -0.126. The zero-order chi connectivity index (χ0) is 16.7. The Kier molecular flexibility index (Phi) is 6.59. The molecule has 0 aliphatic rings. The Morgan fingerprint density at radius 2 is 1.91 bits per heavy atom. The molecule has 4 nitrogen and oxygen atoms in total. The van der Waals surface area contributed by atoms with Crippen LogP contribution in [0.4, 0.5) is 0 Å². The van der Waals surface area contributed by atoms with Crippen molar-refractivity contribution in [2.24, 2.45) is 0 Å². The van der Waals surface area contributed by atoms with Gasteiger partial charge in [0.25, 0.3) is 0 Å². The number of benzene rings is 2. The lowest BCUT2D eigenvalue weighted by atomic mass is 10.0. The van der Waals surface area contributed by atoms with Gasteiger partial charge >= 0.3 is 0 Å². The highest BCUT2D eigenvalue weighted by Gasteiger charge is 2.11. The summed E-state index contributed by atoms with van der Waals surface area (Å²) in [5.41, 5.74) is 2.64. The second-order valence-electron chi connectivity index (χ2n) is 5.26. The molecule has 0 bridgehead atoms. The summed E-state index contributed by atoms with van der Waals surface area (Å²) >= 11 is 6.01. The molecule has 2 aromatic rings. The molecule has 0 aliphatic heterocycles. The van der Waals surface area contributed by atoms with Gasteiger partial charge in [0.15, 0.2) is 0 Å². The van der Waals surface area contributed by atoms with E-state index in [1.807, 2.05) is 49.4 Å². The van der Waals surface area contributed by atoms with Crippen LogP contribution in [0.5, 0.6) is 0 Å². The molecule has 1 amide bonds. The average molecular weight is 334 g/mol. The van der Waals surface area contributed by atoms with Crippen molar-refractivity contribution < 1.29 is 14.6 Å². The number of aliphatic hydroxyl groups excluding tert-OH is 1. The van der Waals surface area contributed by atoms with E-state index in [-0.39, 0.29) is 25.7 Å². The first-order chi connectivity index (χ1) is 11.1. The number of ether oxygens (including phenoxy) is 1. The van der Waals surface area contributed by atoms with Crippen molar-refractivity contribution in [3.63, 3.8) is 0 Å². The molecule has 23 heavy (non-hydrogen) atoms. The van der Waals surface area contributed by atoms with Gasteiger partial charge in [-0.15, -0.1) is 0 Å². The van der Waals surface area contributed by atoms with E-state index in [9.17, 15) is 9.90 Å². The second-order valence-corrected chi connectivity index (χ2v) is 5.67. The Hall–Kier alpha value is -1.88. The predicted octanol–water partition coefficient (Wildman–Crippen LogP) is 3.01. The number of nitrogens with one attached hydrogen (secondary N) is 1. The van der Waals surface area contributed by atoms with E-state index in [1.54, 1.807) is 6.07 Å². The highest BCUT2D eigenvalue weighted by molar-refractivity contribution is 6.31. The van der Waals surface area contributed by atoms with Gasteiger partial charge in [-0.1, -0.05) is 54.1 Å². The SMILES string of the molecule is Cc1ccccc1C(O)CNC(=O)COCc1ccccc1Cl. The summed E-state index contributed by atoms with van der Waals surface area (Å²) in [6.45, 7) is 2.27. The van der Waals surface area contributed by atoms with Crippen molar-refractivity contribution in [3.8, 4) is 0 Å². The van der Waals surface area contributed by atoms with Crippen LogP contribution in [0.1, 0.15) is 22.8 Å². The first-order valence-electron chi connectivity index (χ1n) is 7.39. The largest absolute Gasteiger partial charge is 0.387 e. The fraction of sp³-hybridized carbons (Fsp3) is 0.278. The van der Waals surface area contributed by atoms with Gasteiger partial charge in [-0.05, 0) is 29.7 Å². The summed E-state index contributed by atoms with van der Waals surface area (Å²) < 4.78 is 5.35. The fourth-order valence-electron chi connectivity index (χ4n) is 2.20. The summed E-state index contributed by atoms with van der Waals surface area (Å²) in [5.74, 6) is -0.273. The Morgan fingerprint density at radius 1 is 1.22 bits per heavy atom. The number of aliphatic hydroxyl groups is 1. The Morgan fingerprint density at radius 3 is 2.65 bits per heavy atom. The molecule has 0 aromatic heterocycles. The molecule has 2 rings (SSSR count). The molecule has 0 saturated heterocycles. The molecule has 0 saturated carbocycles. The minimum Gasteiger partial charge on any atom is -0.387 e. The molecule has 1 atom stereocenters. The van der Waals surface area contributed by atoms with Crippen molar-refractivity contribution >= 4 is 17.5 Å². The Bertz CT molecular complexity index is 660. The summed E-state index contributed by atoms with van der Waals surface area (Å²) in [4.78, 5) is 11.8. The molecule has 0 fully saturated rings. The number of carbonyl (C=O) groups excluding carboxylic acids is 1. The first kappa shape index (κ1) is 17.5. The number of carbonyl (C=O) groups is 1. The predicted molar refractivity (Wildman–Crippen MR) is 90.3 cm³/mol. The van der Waals surface area contributed by atoms with E-state index >= 15 is 0 Å². The standard InChI is InChI=1S/C18H20ClNO3/c1-13-6-2-4-8-15(13)17(21)10-20-18(22)12-23-11-14-7-3-5-9-16(14)19/h2-9,17,21H,10-12H2,1H3,(H,20,22). The van der Waals surface area contributed by atoms with E-state index in [0.717, 1.165) is 16.7 Å². The van der Waals surface area contributed by atoms with E-state index in [4.69, 9.17) is 16.3 Å². The monoisotopic (exact) mass is 333 g/mol. The van der Waals surface area contributed by atoms with E-state index < -0.39 is 6.10 Å². The molecular formula is C18H20ClNO3. The van der Waals surface area contributed by atoms with Crippen LogP contribution in [0.25, 0.3) is 0 Å². The van der Waals surface area contributed by atoms with Crippen LogP contribution in [-0.4, -0.2) is 24.2 Å². The third-order valence-electron chi connectivity index (χ3n) is 3.49. The van der Waals surface area contributed by atoms with Gasteiger partial charge in [0.2, 0.25) is 5.91 Å². The van der Waals surface area contributed by atoms with Crippen LogP contribution in [-0.2, 0) is 16.1 Å². The fourth-order valence-corrected chi connectivity index (χ4v) is 2.39. The third-order valence-corrected chi connectivity index (χ3v) is 3.86. The number of aryl methyl sites for hydroxylation is 1. The van der Waals surface area contributed by atoms with Gasteiger partial charge in [-0.2, -0.15) is 0 Å². The molecule has 5 heteroatoms. The highest BCUT2D eigenvalue weighted by atomic mass is 35.5. The minimum atomic E-state index is -0.733. The average Bonchev–Trinajstić information content (AvgIpc) is 2.55. The van der Waals surface area contributed by atoms with Crippen LogP contribution < -0.4 is 5.32 Å². The Balaban J connectivity index is 1.73. The molecular weight excluding hydrogens is 314 g/mol. The zero-order valence-corrected chi connectivity index (χ0v) is 13.7. The van der Waals surface area contributed by atoms with Gasteiger partial charge in [0.05, 0.1) is 12.7 Å². The minimum absolute atomic E-state index is 0.0777. The molecule has 0 spiro atoms. The van der Waals surface area contributed by atoms with Crippen LogP contribution in [0.2, 0.25) is 5.02 Å². The molecule has 0 aliphatic carbocycles. The van der Waals surface area contributed by atoms with E-state index in [1.165, 1.54) is 0 Å². The van der Waals surface area contributed by atoms with Crippen molar-refractivity contribution in [1.82, 2.24) is 5.32 Å². The lowest BCUT2D eigenvalue weighted by Crippen LogP contribution is -2.31. The van der Waals surface area contributed by atoms with E-state index in [2.05, 4.69) is 5.32 Å². The van der Waals surface area contributed by atoms with Gasteiger partial charge in [-0.3, -0.25) is 4.79 Å². The van der Waals surface area contributed by atoms with Gasteiger partial charge in [0.1, 0.15) is 6.61 Å². The zero-order valence-electron chi connectivity index (χ0n) is 13.0. The number of halogens is 1. The smallest absolute Gasteiger partial charge is 0.246 e. The highest BCUT2D eigenvalue weighted by Crippen LogP contribution is 2.17. The molecule has 0 heterocycles. The van der Waals surface area contributed by atoms with Crippen molar-refractivity contribution in [3.05, 3.63) is 70.2 Å². The quantitative estimate of drug-likeness (QED) is 0.819. The van der Waals surface area contributed by atoms with Crippen LogP contribution in [0.3, 0.4) is 0 Å². The van der Waals surface area contributed by atoms with Crippen LogP contribution in [0.15, 0.2) is 48.5 Å². The van der Waals surface area contributed by atoms with Crippen LogP contribution >= 0.6 is 11.6 Å². The molecule has 0 radical (unpaired) electrons. The number of amides is 1. The molecule has 122 valence electrons. The number of hydrogen-bond acceptors (Lipinski definition) is 3. The summed E-state index contributed by atoms with van der Waals surface area (Å²) in [6.07, 6.45) is -0.733. The summed E-state index contributed by atoms with van der Waals surface area (Å²) in [7, 11) is 0. The topological polar surface area (TPSA) is 58.6 Å². The maximum absolute atomic E-state index is 11.8. The summed E-state index contributed by atoms with van der Waals surface area (Å²) in [6, 6.07) is 14.9. The van der Waals surface area contributed by atoms with Gasteiger partial charge < -0.3 is 15.2 Å². The maximum atomic E-state index is 11.8. The van der Waals surface area contributed by atoms with Crippen LogP contribution in [0, 0.1) is 6.92 Å². The second kappa shape index (κ2) is 8.67. The number of hydrogen-bond donors (Lipinski definition) is 2.